The molecule has 0 aliphatic rings. The van der Waals surface area contributed by atoms with Crippen LogP contribution in [0.3, 0.4) is 0 Å². The van der Waals surface area contributed by atoms with Crippen LogP contribution in [0.4, 0.5) is 0 Å². The standard InChI is InChI=1S/C53H93NO5/c1-4-7-10-13-16-19-22-24-26-27-29-31-34-37-40-43-46-53(58)59-49(44-41-38-35-32-21-18-15-12-9-6-3)47-52(57)54-50(48-55)51(56)45-42-39-36-33-30-28-25-23-20-17-14-11-8-5-2/h7,10,16,18-19,21,24,26,29,31,37,40,49-51,55-56H,4-6,8-9,11-15,17,20,22-23,25,27-28,30,32-36,38-39,41-48H2,1-3H3,(H,54,57)/b10-7+,19-16+,21-18-,26-24+,31-29+,40-37+. The first-order valence-electron chi connectivity index (χ1n) is 24.7. The van der Waals surface area contributed by atoms with Crippen LogP contribution in [0.5, 0.6) is 0 Å². The van der Waals surface area contributed by atoms with Crippen molar-refractivity contribution in [2.24, 2.45) is 0 Å². The van der Waals surface area contributed by atoms with Gasteiger partial charge in [0.2, 0.25) is 5.91 Å². The van der Waals surface area contributed by atoms with E-state index in [9.17, 15) is 19.8 Å². The van der Waals surface area contributed by atoms with Crippen molar-refractivity contribution in [1.82, 2.24) is 5.32 Å². The number of amides is 1. The molecule has 0 aromatic heterocycles. The van der Waals surface area contributed by atoms with Gasteiger partial charge in [0.05, 0.1) is 25.2 Å². The van der Waals surface area contributed by atoms with Gasteiger partial charge in [-0.2, -0.15) is 0 Å². The maximum Gasteiger partial charge on any atom is 0.306 e. The summed E-state index contributed by atoms with van der Waals surface area (Å²) in [7, 11) is 0. The monoisotopic (exact) mass is 824 g/mol. The highest BCUT2D eigenvalue weighted by atomic mass is 16.5. The summed E-state index contributed by atoms with van der Waals surface area (Å²) in [5.74, 6) is -0.593. The van der Waals surface area contributed by atoms with Gasteiger partial charge in [-0.25, -0.2) is 0 Å². The number of allylic oxidation sites excluding steroid dienone is 12. The zero-order valence-electron chi connectivity index (χ0n) is 38.6. The van der Waals surface area contributed by atoms with Gasteiger partial charge in [0.1, 0.15) is 6.10 Å². The van der Waals surface area contributed by atoms with Crippen LogP contribution in [0, 0.1) is 0 Å². The SMILES string of the molecule is CC/C=C/C/C=C/C/C=C/C/C=C/C/C=C/CCC(=O)OC(CCCCC/C=C\CCCCC)CC(=O)NC(CO)C(O)CCCCCCCCCCCCCCCC. The van der Waals surface area contributed by atoms with Crippen LogP contribution >= 0.6 is 0 Å². The summed E-state index contributed by atoms with van der Waals surface area (Å²) in [6, 6.07) is -0.722. The van der Waals surface area contributed by atoms with Crippen LogP contribution in [0.2, 0.25) is 0 Å². The predicted octanol–water partition coefficient (Wildman–Crippen LogP) is 14.6. The van der Waals surface area contributed by atoms with E-state index in [0.29, 0.717) is 19.3 Å². The van der Waals surface area contributed by atoms with Crippen LogP contribution < -0.4 is 5.32 Å². The van der Waals surface area contributed by atoms with Crippen molar-refractivity contribution in [3.63, 3.8) is 0 Å². The normalized spacial score (nSPS) is 13.9. The molecular formula is C53H93NO5. The third-order valence-corrected chi connectivity index (χ3v) is 10.8. The Morgan fingerprint density at radius 2 is 0.915 bits per heavy atom. The lowest BCUT2D eigenvalue weighted by atomic mass is 10.0. The molecule has 0 rings (SSSR count). The third-order valence-electron chi connectivity index (χ3n) is 10.8. The molecule has 3 atom stereocenters. The summed E-state index contributed by atoms with van der Waals surface area (Å²) in [6.07, 6.45) is 58.3. The van der Waals surface area contributed by atoms with Gasteiger partial charge >= 0.3 is 5.97 Å². The molecule has 0 heterocycles. The van der Waals surface area contributed by atoms with Crippen molar-refractivity contribution in [2.75, 3.05) is 6.61 Å². The summed E-state index contributed by atoms with van der Waals surface area (Å²) in [5.41, 5.74) is 0. The van der Waals surface area contributed by atoms with Gasteiger partial charge in [-0.15, -0.1) is 0 Å². The fourth-order valence-corrected chi connectivity index (χ4v) is 7.06. The first-order valence-corrected chi connectivity index (χ1v) is 24.7. The molecular weight excluding hydrogens is 731 g/mol. The first-order chi connectivity index (χ1) is 29.0. The van der Waals surface area contributed by atoms with E-state index in [4.69, 9.17) is 4.74 Å². The molecule has 3 N–H and O–H groups in total. The van der Waals surface area contributed by atoms with Crippen molar-refractivity contribution in [3.8, 4) is 0 Å². The van der Waals surface area contributed by atoms with Crippen molar-refractivity contribution in [2.45, 2.75) is 244 Å². The van der Waals surface area contributed by atoms with Gasteiger partial charge in [0.25, 0.3) is 0 Å². The van der Waals surface area contributed by atoms with Gasteiger partial charge in [-0.05, 0) is 83.5 Å². The summed E-state index contributed by atoms with van der Waals surface area (Å²) in [4.78, 5) is 26.0. The van der Waals surface area contributed by atoms with E-state index >= 15 is 0 Å². The zero-order valence-corrected chi connectivity index (χ0v) is 38.6. The van der Waals surface area contributed by atoms with Crippen molar-refractivity contribution >= 4 is 11.9 Å². The molecule has 0 saturated heterocycles. The second-order valence-corrected chi connectivity index (χ2v) is 16.5. The fourth-order valence-electron chi connectivity index (χ4n) is 7.06. The Labute approximate surface area is 364 Å². The number of carbonyl (C=O) groups excluding carboxylic acids is 2. The second-order valence-electron chi connectivity index (χ2n) is 16.5. The van der Waals surface area contributed by atoms with E-state index in [2.05, 4.69) is 92.9 Å². The van der Waals surface area contributed by atoms with Crippen LogP contribution in [0.25, 0.3) is 0 Å². The number of rotatable bonds is 43. The molecule has 0 aromatic carbocycles. The number of unbranched alkanes of at least 4 members (excludes halogenated alkanes) is 19. The number of aliphatic hydroxyl groups is 2. The number of nitrogens with one attached hydrogen (secondary N) is 1. The van der Waals surface area contributed by atoms with Crippen molar-refractivity contribution in [3.05, 3.63) is 72.9 Å². The molecule has 0 aliphatic carbocycles. The first kappa shape index (κ1) is 56.3. The molecule has 0 fully saturated rings. The smallest absolute Gasteiger partial charge is 0.306 e. The van der Waals surface area contributed by atoms with E-state index in [1.807, 2.05) is 6.08 Å². The maximum atomic E-state index is 13.1. The van der Waals surface area contributed by atoms with E-state index in [0.717, 1.165) is 83.5 Å². The van der Waals surface area contributed by atoms with Gasteiger partial charge in [-0.3, -0.25) is 9.59 Å². The largest absolute Gasteiger partial charge is 0.462 e. The zero-order chi connectivity index (χ0) is 43.1. The highest BCUT2D eigenvalue weighted by Gasteiger charge is 2.24. The number of aliphatic hydroxyl groups excluding tert-OH is 2. The van der Waals surface area contributed by atoms with Gasteiger partial charge in [0, 0.05) is 6.42 Å². The quantitative estimate of drug-likeness (QED) is 0.0323. The lowest BCUT2D eigenvalue weighted by molar-refractivity contribution is -0.150. The molecule has 1 amide bonds. The number of hydrogen-bond donors (Lipinski definition) is 3. The number of hydrogen-bond acceptors (Lipinski definition) is 5. The molecule has 0 aliphatic heterocycles. The van der Waals surface area contributed by atoms with Crippen molar-refractivity contribution in [1.29, 1.82) is 0 Å². The fraction of sp³-hybridized carbons (Fsp3) is 0.736. The Balaban J connectivity index is 4.64. The Hall–Kier alpha value is -2.70. The Morgan fingerprint density at radius 3 is 1.42 bits per heavy atom. The minimum Gasteiger partial charge on any atom is -0.462 e. The van der Waals surface area contributed by atoms with Gasteiger partial charge in [0.15, 0.2) is 0 Å². The Morgan fingerprint density at radius 1 is 0.508 bits per heavy atom. The summed E-state index contributed by atoms with van der Waals surface area (Å²) >= 11 is 0. The average Bonchev–Trinajstić information content (AvgIpc) is 3.23. The highest BCUT2D eigenvalue weighted by molar-refractivity contribution is 5.77. The van der Waals surface area contributed by atoms with E-state index in [1.54, 1.807) is 0 Å². The van der Waals surface area contributed by atoms with Crippen LogP contribution in [-0.4, -0.2) is 46.9 Å². The summed E-state index contributed by atoms with van der Waals surface area (Å²) < 4.78 is 5.86. The highest BCUT2D eigenvalue weighted by Crippen LogP contribution is 2.17. The molecule has 6 heteroatoms. The average molecular weight is 824 g/mol. The second kappa shape index (κ2) is 46.4. The number of esters is 1. The van der Waals surface area contributed by atoms with Crippen molar-refractivity contribution < 1.29 is 24.5 Å². The van der Waals surface area contributed by atoms with Crippen LogP contribution in [0.1, 0.15) is 226 Å². The molecule has 59 heavy (non-hydrogen) atoms. The van der Waals surface area contributed by atoms with Gasteiger partial charge in [-0.1, -0.05) is 203 Å². The molecule has 0 aromatic rings. The maximum absolute atomic E-state index is 13.1. The van der Waals surface area contributed by atoms with E-state index in [1.165, 1.54) is 89.9 Å². The predicted molar refractivity (Wildman–Crippen MR) is 255 cm³/mol. The third kappa shape index (κ3) is 41.8. The molecule has 0 bridgehead atoms. The topological polar surface area (TPSA) is 95.9 Å². The summed E-state index contributed by atoms with van der Waals surface area (Å²) in [6.45, 7) is 6.31. The molecule has 340 valence electrons. The summed E-state index contributed by atoms with van der Waals surface area (Å²) in [5, 5.41) is 23.7. The van der Waals surface area contributed by atoms with E-state index < -0.39 is 18.2 Å². The Kier molecular flexibility index (Phi) is 44.2. The molecule has 0 spiro atoms. The molecule has 3 unspecified atom stereocenters. The van der Waals surface area contributed by atoms with Crippen LogP contribution in [-0.2, 0) is 14.3 Å². The molecule has 0 saturated carbocycles. The Bertz CT molecular complexity index is 1110. The minimum atomic E-state index is -0.805. The molecule has 0 radical (unpaired) electrons. The lowest BCUT2D eigenvalue weighted by Crippen LogP contribution is -2.46. The van der Waals surface area contributed by atoms with E-state index in [-0.39, 0.29) is 31.3 Å². The number of ether oxygens (including phenoxy) is 1. The van der Waals surface area contributed by atoms with Gasteiger partial charge < -0.3 is 20.3 Å². The lowest BCUT2D eigenvalue weighted by Gasteiger charge is -2.24. The van der Waals surface area contributed by atoms with Crippen LogP contribution in [0.15, 0.2) is 72.9 Å². The molecule has 6 nitrogen and oxygen atoms in total. The number of carbonyl (C=O) groups is 2. The minimum absolute atomic E-state index is 0.0345.